The summed E-state index contributed by atoms with van der Waals surface area (Å²) in [5.41, 5.74) is 1.03. The molecule has 0 spiro atoms. The Morgan fingerprint density at radius 2 is 2.00 bits per heavy atom. The molecule has 1 heterocycles. The number of hydrogen-bond donors (Lipinski definition) is 1. The summed E-state index contributed by atoms with van der Waals surface area (Å²) in [4.78, 5) is 27.9. The fourth-order valence-electron chi connectivity index (χ4n) is 3.47. The first-order chi connectivity index (χ1) is 12.6. The molecule has 1 aliphatic rings. The highest BCUT2D eigenvalue weighted by atomic mass is 35.5. The predicted molar refractivity (Wildman–Crippen MR) is 107 cm³/mol. The molecule has 2 amide bonds. The summed E-state index contributed by atoms with van der Waals surface area (Å²) < 4.78 is 0. The maximum Gasteiger partial charge on any atom is 0.265 e. The van der Waals surface area contributed by atoms with Crippen molar-refractivity contribution in [3.8, 4) is 0 Å². The molecule has 3 rings (SSSR count). The van der Waals surface area contributed by atoms with Gasteiger partial charge in [-0.2, -0.15) is 0 Å². The van der Waals surface area contributed by atoms with Gasteiger partial charge < -0.3 is 10.2 Å². The number of carbonyl (C=O) groups excluding carboxylic acids is 2. The van der Waals surface area contributed by atoms with Crippen LogP contribution >= 0.6 is 22.9 Å². The molecule has 1 aliphatic carbocycles. The molecule has 0 saturated heterocycles. The lowest BCUT2D eigenvalue weighted by atomic mass is 9.93. The molecule has 1 N–H and O–H groups in total. The quantitative estimate of drug-likeness (QED) is 0.738. The van der Waals surface area contributed by atoms with Crippen molar-refractivity contribution in [1.29, 1.82) is 0 Å². The summed E-state index contributed by atoms with van der Waals surface area (Å²) >= 11 is 7.60. The fourth-order valence-corrected chi connectivity index (χ4v) is 4.26. The van der Waals surface area contributed by atoms with Gasteiger partial charge in [-0.05, 0) is 49.4 Å². The summed E-state index contributed by atoms with van der Waals surface area (Å²) in [6.07, 6.45) is 5.74. The first-order valence-electron chi connectivity index (χ1n) is 9.05. The molecule has 6 heteroatoms. The van der Waals surface area contributed by atoms with Crippen molar-refractivity contribution in [1.82, 2.24) is 4.90 Å². The van der Waals surface area contributed by atoms with E-state index in [1.165, 1.54) is 30.6 Å². The van der Waals surface area contributed by atoms with Gasteiger partial charge >= 0.3 is 0 Å². The highest BCUT2D eigenvalue weighted by molar-refractivity contribution is 7.12. The summed E-state index contributed by atoms with van der Waals surface area (Å²) in [5.74, 6) is -0.214. The second-order valence-corrected chi connectivity index (χ2v) is 7.86. The monoisotopic (exact) mass is 390 g/mol. The molecule has 0 aliphatic heterocycles. The Balaban J connectivity index is 1.79. The second kappa shape index (κ2) is 8.69. The van der Waals surface area contributed by atoms with Crippen molar-refractivity contribution >= 4 is 40.4 Å². The lowest BCUT2D eigenvalue weighted by molar-refractivity contribution is 0.0647. The minimum absolute atomic E-state index is 0.00249. The SMILES string of the molecule is CCN(C(=O)c1ccc(Cl)c(NC(=O)c2cccs2)c1)C1CCCCC1. The van der Waals surface area contributed by atoms with Gasteiger partial charge in [0.2, 0.25) is 0 Å². The van der Waals surface area contributed by atoms with E-state index < -0.39 is 0 Å². The van der Waals surface area contributed by atoms with E-state index in [0.29, 0.717) is 33.7 Å². The largest absolute Gasteiger partial charge is 0.336 e. The Labute approximate surface area is 163 Å². The van der Waals surface area contributed by atoms with Gasteiger partial charge in [-0.3, -0.25) is 9.59 Å². The van der Waals surface area contributed by atoms with E-state index in [1.807, 2.05) is 23.3 Å². The van der Waals surface area contributed by atoms with Crippen molar-refractivity contribution < 1.29 is 9.59 Å². The second-order valence-electron chi connectivity index (χ2n) is 6.51. The van der Waals surface area contributed by atoms with E-state index >= 15 is 0 Å². The summed E-state index contributed by atoms with van der Waals surface area (Å²) in [5, 5.41) is 5.08. The average molecular weight is 391 g/mol. The maximum atomic E-state index is 13.0. The third-order valence-corrected chi connectivity index (χ3v) is 6.02. The van der Waals surface area contributed by atoms with Crippen molar-refractivity contribution in [2.24, 2.45) is 0 Å². The molecule has 1 aromatic heterocycles. The molecule has 138 valence electrons. The van der Waals surface area contributed by atoms with Crippen LogP contribution in [0.2, 0.25) is 5.02 Å². The minimum atomic E-state index is -0.217. The van der Waals surface area contributed by atoms with Crippen LogP contribution in [0.5, 0.6) is 0 Å². The molecule has 0 unspecified atom stereocenters. The molecular formula is C20H23ClN2O2S. The number of anilines is 1. The third-order valence-electron chi connectivity index (χ3n) is 4.82. The van der Waals surface area contributed by atoms with Crippen LogP contribution in [0.15, 0.2) is 35.7 Å². The summed E-state index contributed by atoms with van der Waals surface area (Å²) in [6, 6.07) is 8.97. The molecule has 2 aromatic rings. The molecule has 0 radical (unpaired) electrons. The number of nitrogens with zero attached hydrogens (tertiary/aromatic N) is 1. The Hall–Kier alpha value is -1.85. The van der Waals surface area contributed by atoms with Crippen LogP contribution in [0.4, 0.5) is 5.69 Å². The highest BCUT2D eigenvalue weighted by Crippen LogP contribution is 2.27. The van der Waals surface area contributed by atoms with Crippen molar-refractivity contribution in [3.05, 3.63) is 51.2 Å². The number of hydrogen-bond acceptors (Lipinski definition) is 3. The molecule has 1 aromatic carbocycles. The number of amides is 2. The lowest BCUT2D eigenvalue weighted by Crippen LogP contribution is -2.41. The van der Waals surface area contributed by atoms with Gasteiger partial charge in [-0.1, -0.05) is 36.9 Å². The standard InChI is InChI=1S/C20H23ClN2O2S/c1-2-23(15-7-4-3-5-8-15)20(25)14-10-11-16(21)17(13-14)22-19(24)18-9-6-12-26-18/h6,9-13,15H,2-5,7-8H2,1H3,(H,22,24). The van der Waals surface area contributed by atoms with E-state index in [0.717, 1.165) is 12.8 Å². The first kappa shape index (κ1) is 18.9. The number of rotatable bonds is 5. The van der Waals surface area contributed by atoms with Crippen LogP contribution in [-0.2, 0) is 0 Å². The van der Waals surface area contributed by atoms with E-state index in [9.17, 15) is 9.59 Å². The van der Waals surface area contributed by atoms with E-state index in [-0.39, 0.29) is 11.8 Å². The molecule has 0 atom stereocenters. The van der Waals surface area contributed by atoms with Crippen LogP contribution in [0.3, 0.4) is 0 Å². The van der Waals surface area contributed by atoms with Crippen LogP contribution in [0.25, 0.3) is 0 Å². The number of halogens is 1. The van der Waals surface area contributed by atoms with Gasteiger partial charge in [-0.15, -0.1) is 11.3 Å². The average Bonchev–Trinajstić information content (AvgIpc) is 3.20. The number of carbonyl (C=O) groups is 2. The van der Waals surface area contributed by atoms with E-state index in [4.69, 9.17) is 11.6 Å². The molecule has 0 bridgehead atoms. The Bertz CT molecular complexity index is 770. The van der Waals surface area contributed by atoms with Crippen LogP contribution in [0.1, 0.15) is 59.1 Å². The first-order valence-corrected chi connectivity index (χ1v) is 10.3. The minimum Gasteiger partial charge on any atom is -0.336 e. The Kier molecular flexibility index (Phi) is 6.33. The van der Waals surface area contributed by atoms with Gasteiger partial charge in [-0.25, -0.2) is 0 Å². The lowest BCUT2D eigenvalue weighted by Gasteiger charge is -2.33. The van der Waals surface area contributed by atoms with Gasteiger partial charge in [0.15, 0.2) is 0 Å². The molecule has 1 saturated carbocycles. The maximum absolute atomic E-state index is 13.0. The Morgan fingerprint density at radius 1 is 1.23 bits per heavy atom. The molecular weight excluding hydrogens is 368 g/mol. The predicted octanol–water partition coefficient (Wildman–Crippen LogP) is 5.45. The van der Waals surface area contributed by atoms with Crippen molar-refractivity contribution in [3.63, 3.8) is 0 Å². The molecule has 26 heavy (non-hydrogen) atoms. The smallest absolute Gasteiger partial charge is 0.265 e. The van der Waals surface area contributed by atoms with Crippen molar-refractivity contribution in [2.75, 3.05) is 11.9 Å². The zero-order chi connectivity index (χ0) is 18.5. The van der Waals surface area contributed by atoms with Crippen LogP contribution in [-0.4, -0.2) is 29.3 Å². The van der Waals surface area contributed by atoms with Crippen molar-refractivity contribution in [2.45, 2.75) is 45.1 Å². The molecule has 1 fully saturated rings. The van der Waals surface area contributed by atoms with Gasteiger partial charge in [0.1, 0.15) is 0 Å². The number of nitrogens with one attached hydrogen (secondary N) is 1. The zero-order valence-corrected chi connectivity index (χ0v) is 16.4. The third kappa shape index (κ3) is 4.27. The van der Waals surface area contributed by atoms with Crippen LogP contribution < -0.4 is 5.32 Å². The zero-order valence-electron chi connectivity index (χ0n) is 14.8. The van der Waals surface area contributed by atoms with Gasteiger partial charge in [0, 0.05) is 18.2 Å². The highest BCUT2D eigenvalue weighted by Gasteiger charge is 2.25. The Morgan fingerprint density at radius 3 is 2.65 bits per heavy atom. The fraction of sp³-hybridized carbons (Fsp3) is 0.400. The summed E-state index contributed by atoms with van der Waals surface area (Å²) in [7, 11) is 0. The molecule has 4 nitrogen and oxygen atoms in total. The summed E-state index contributed by atoms with van der Waals surface area (Å²) in [6.45, 7) is 2.70. The van der Waals surface area contributed by atoms with Gasteiger partial charge in [0.05, 0.1) is 15.6 Å². The van der Waals surface area contributed by atoms with Gasteiger partial charge in [0.25, 0.3) is 11.8 Å². The van der Waals surface area contributed by atoms with Crippen LogP contribution in [0, 0.1) is 0 Å². The normalized spacial score (nSPS) is 14.8. The topological polar surface area (TPSA) is 49.4 Å². The van der Waals surface area contributed by atoms with E-state index in [2.05, 4.69) is 5.32 Å². The number of thiophene rings is 1. The number of benzene rings is 1. The van der Waals surface area contributed by atoms with E-state index in [1.54, 1.807) is 24.3 Å².